The molecule has 3 rings (SSSR count). The molecule has 9 heteroatoms. The number of benzene rings is 3. The number of methoxy groups -OCH3 is 1. The van der Waals surface area contributed by atoms with Gasteiger partial charge in [0, 0.05) is 10.0 Å². The number of hydrazone groups is 1. The summed E-state index contributed by atoms with van der Waals surface area (Å²) in [7, 11) is 1.52. The highest BCUT2D eigenvalue weighted by atomic mass is 79.9. The summed E-state index contributed by atoms with van der Waals surface area (Å²) in [6.07, 6.45) is 1.45. The van der Waals surface area contributed by atoms with Gasteiger partial charge in [-0.15, -0.1) is 0 Å². The Morgan fingerprint density at radius 3 is 2.52 bits per heavy atom. The zero-order chi connectivity index (χ0) is 23.6. The highest BCUT2D eigenvalue weighted by Crippen LogP contribution is 2.31. The van der Waals surface area contributed by atoms with Gasteiger partial charge in [-0.3, -0.25) is 4.79 Å². The fraction of sp³-hybridized carbons (Fsp3) is 0.125. The number of carbonyl (C=O) groups excluding carboxylic acids is 1. The molecule has 0 saturated heterocycles. The van der Waals surface area contributed by atoms with E-state index in [2.05, 4.69) is 26.5 Å². The lowest BCUT2D eigenvalue weighted by Gasteiger charge is -2.13. The predicted molar refractivity (Wildman–Crippen MR) is 126 cm³/mol. The van der Waals surface area contributed by atoms with Crippen molar-refractivity contribution < 1.29 is 28.9 Å². The molecule has 0 bridgehead atoms. The van der Waals surface area contributed by atoms with Crippen LogP contribution in [0.15, 0.2) is 76.3 Å². The molecule has 0 unspecified atom stereocenters. The number of halogens is 1. The van der Waals surface area contributed by atoms with Crippen LogP contribution in [0, 0.1) is 0 Å². The van der Waals surface area contributed by atoms with E-state index in [1.54, 1.807) is 48.5 Å². The van der Waals surface area contributed by atoms with Gasteiger partial charge in [-0.25, -0.2) is 10.2 Å². The van der Waals surface area contributed by atoms with Gasteiger partial charge in [0.05, 0.1) is 18.9 Å². The van der Waals surface area contributed by atoms with E-state index >= 15 is 0 Å². The van der Waals surface area contributed by atoms with Crippen LogP contribution in [-0.4, -0.2) is 36.9 Å². The van der Waals surface area contributed by atoms with E-state index in [1.807, 2.05) is 6.07 Å². The molecule has 0 saturated carbocycles. The second-order valence-corrected chi connectivity index (χ2v) is 7.62. The maximum Gasteiger partial charge on any atom is 0.335 e. The SMILES string of the molecule is COc1cccc(/C=N/NC(=O)COc2cccc(Br)c2)c1OCc1ccc(C(=O)O)cc1. The molecule has 0 aromatic heterocycles. The van der Waals surface area contributed by atoms with Crippen LogP contribution in [0.1, 0.15) is 21.5 Å². The van der Waals surface area contributed by atoms with Crippen molar-refractivity contribution in [3.05, 3.63) is 87.9 Å². The molecule has 8 nitrogen and oxygen atoms in total. The smallest absolute Gasteiger partial charge is 0.335 e. The maximum atomic E-state index is 12.0. The molecule has 0 fully saturated rings. The first-order valence-corrected chi connectivity index (χ1v) is 10.6. The number of hydrogen-bond acceptors (Lipinski definition) is 6. The molecule has 0 radical (unpaired) electrons. The van der Waals surface area contributed by atoms with Crippen molar-refractivity contribution in [2.75, 3.05) is 13.7 Å². The number of carbonyl (C=O) groups is 2. The second kappa shape index (κ2) is 11.7. The van der Waals surface area contributed by atoms with Crippen molar-refractivity contribution in [3.63, 3.8) is 0 Å². The Bertz CT molecular complexity index is 1150. The minimum absolute atomic E-state index is 0.188. The molecule has 3 aromatic carbocycles. The van der Waals surface area contributed by atoms with Crippen LogP contribution >= 0.6 is 15.9 Å². The number of amides is 1. The van der Waals surface area contributed by atoms with E-state index in [0.29, 0.717) is 22.8 Å². The average Bonchev–Trinajstić information content (AvgIpc) is 2.82. The molecule has 33 heavy (non-hydrogen) atoms. The first-order chi connectivity index (χ1) is 16.0. The monoisotopic (exact) mass is 512 g/mol. The Morgan fingerprint density at radius 1 is 1.06 bits per heavy atom. The topological polar surface area (TPSA) is 106 Å². The van der Waals surface area contributed by atoms with Gasteiger partial charge in [0.2, 0.25) is 0 Å². The van der Waals surface area contributed by atoms with Crippen LogP contribution in [0.25, 0.3) is 0 Å². The standard InChI is InChI=1S/C24H21BrN2O6/c1-31-21-7-2-4-18(23(21)33-14-16-8-10-17(11-9-16)24(29)30)13-26-27-22(28)15-32-20-6-3-5-19(25)12-20/h2-13H,14-15H2,1H3,(H,27,28)(H,29,30)/b26-13+. The van der Waals surface area contributed by atoms with E-state index in [1.165, 1.54) is 25.5 Å². The lowest BCUT2D eigenvalue weighted by molar-refractivity contribution is -0.123. The van der Waals surface area contributed by atoms with Gasteiger partial charge in [-0.1, -0.05) is 40.2 Å². The number of ether oxygens (including phenoxy) is 3. The normalized spacial score (nSPS) is 10.6. The van der Waals surface area contributed by atoms with Crippen LogP contribution in [0.5, 0.6) is 17.2 Å². The maximum absolute atomic E-state index is 12.0. The van der Waals surface area contributed by atoms with Gasteiger partial charge >= 0.3 is 5.97 Å². The number of rotatable bonds is 10. The van der Waals surface area contributed by atoms with Crippen LogP contribution in [0.2, 0.25) is 0 Å². The Kier molecular flexibility index (Phi) is 8.43. The van der Waals surface area contributed by atoms with Gasteiger partial charge in [0.25, 0.3) is 5.91 Å². The molecule has 0 aliphatic carbocycles. The van der Waals surface area contributed by atoms with Crippen LogP contribution in [0.3, 0.4) is 0 Å². The Morgan fingerprint density at radius 2 is 1.82 bits per heavy atom. The average molecular weight is 513 g/mol. The van der Waals surface area contributed by atoms with Crippen LogP contribution in [-0.2, 0) is 11.4 Å². The summed E-state index contributed by atoms with van der Waals surface area (Å²) in [6.45, 7) is -0.00442. The summed E-state index contributed by atoms with van der Waals surface area (Å²) in [5.41, 5.74) is 3.98. The molecule has 0 spiro atoms. The number of nitrogens with zero attached hydrogens (tertiary/aromatic N) is 1. The third kappa shape index (κ3) is 7.08. The summed E-state index contributed by atoms with van der Waals surface area (Å²) in [5.74, 6) is 0.0735. The van der Waals surface area contributed by atoms with Gasteiger partial charge in [-0.05, 0) is 48.0 Å². The Labute approximate surface area is 198 Å². The zero-order valence-corrected chi connectivity index (χ0v) is 19.2. The molecule has 0 aliphatic heterocycles. The number of nitrogens with one attached hydrogen (secondary N) is 1. The minimum atomic E-state index is -0.991. The second-order valence-electron chi connectivity index (χ2n) is 6.71. The highest BCUT2D eigenvalue weighted by Gasteiger charge is 2.11. The molecular weight excluding hydrogens is 492 g/mol. The fourth-order valence-electron chi connectivity index (χ4n) is 2.76. The van der Waals surface area contributed by atoms with Gasteiger partial charge in [-0.2, -0.15) is 5.10 Å². The summed E-state index contributed by atoms with van der Waals surface area (Å²) in [4.78, 5) is 23.0. The van der Waals surface area contributed by atoms with Crippen LogP contribution in [0.4, 0.5) is 0 Å². The number of aromatic carboxylic acids is 1. The van der Waals surface area contributed by atoms with E-state index in [9.17, 15) is 9.59 Å². The van der Waals surface area contributed by atoms with E-state index in [-0.39, 0.29) is 18.8 Å². The van der Waals surface area contributed by atoms with Crippen molar-refractivity contribution in [3.8, 4) is 17.2 Å². The third-order valence-electron chi connectivity index (χ3n) is 4.37. The van der Waals surface area contributed by atoms with Crippen molar-refractivity contribution >= 4 is 34.0 Å². The molecule has 170 valence electrons. The summed E-state index contributed by atoms with van der Waals surface area (Å²) >= 11 is 3.34. The van der Waals surface area contributed by atoms with Crippen molar-refractivity contribution in [1.82, 2.24) is 5.43 Å². The van der Waals surface area contributed by atoms with E-state index in [4.69, 9.17) is 19.3 Å². The Balaban J connectivity index is 1.62. The van der Waals surface area contributed by atoms with Crippen LogP contribution < -0.4 is 19.6 Å². The van der Waals surface area contributed by atoms with Gasteiger partial charge in [0.1, 0.15) is 12.4 Å². The molecule has 0 atom stereocenters. The first kappa shape index (κ1) is 23.8. The quantitative estimate of drug-likeness (QED) is 0.310. The lowest BCUT2D eigenvalue weighted by Crippen LogP contribution is -2.24. The van der Waals surface area contributed by atoms with Gasteiger partial charge < -0.3 is 19.3 Å². The molecule has 1 amide bonds. The predicted octanol–water partition coefficient (Wildman–Crippen LogP) is 4.26. The minimum Gasteiger partial charge on any atom is -0.493 e. The summed E-state index contributed by atoms with van der Waals surface area (Å²) < 4.78 is 17.6. The molecule has 2 N–H and O–H groups in total. The van der Waals surface area contributed by atoms with Crippen molar-refractivity contribution in [1.29, 1.82) is 0 Å². The summed E-state index contributed by atoms with van der Waals surface area (Å²) in [5, 5.41) is 13.0. The van der Waals surface area contributed by atoms with E-state index in [0.717, 1.165) is 10.0 Å². The number of para-hydroxylation sites is 1. The highest BCUT2D eigenvalue weighted by molar-refractivity contribution is 9.10. The zero-order valence-electron chi connectivity index (χ0n) is 17.7. The van der Waals surface area contributed by atoms with E-state index < -0.39 is 11.9 Å². The number of carboxylic acids is 1. The Hall–Kier alpha value is -3.85. The molecule has 0 aliphatic rings. The van der Waals surface area contributed by atoms with Crippen molar-refractivity contribution in [2.24, 2.45) is 5.10 Å². The first-order valence-electron chi connectivity index (χ1n) is 9.78. The number of hydrogen-bond donors (Lipinski definition) is 2. The largest absolute Gasteiger partial charge is 0.493 e. The fourth-order valence-corrected chi connectivity index (χ4v) is 3.14. The third-order valence-corrected chi connectivity index (χ3v) is 4.87. The number of carboxylic acid groups (broad SMARTS) is 1. The summed E-state index contributed by atoms with van der Waals surface area (Å²) in [6, 6.07) is 18.8. The molecule has 0 heterocycles. The van der Waals surface area contributed by atoms with Gasteiger partial charge in [0.15, 0.2) is 18.1 Å². The molecule has 3 aromatic rings. The molecular formula is C24H21BrN2O6. The van der Waals surface area contributed by atoms with Crippen molar-refractivity contribution in [2.45, 2.75) is 6.61 Å². The lowest BCUT2D eigenvalue weighted by atomic mass is 10.1.